The zero-order valence-corrected chi connectivity index (χ0v) is 13.7. The summed E-state index contributed by atoms with van der Waals surface area (Å²) in [5.74, 6) is 0.138. The highest BCUT2D eigenvalue weighted by Gasteiger charge is 2.62. The number of alkyl halides is 3. The van der Waals surface area contributed by atoms with Gasteiger partial charge in [-0.3, -0.25) is 0 Å². The fourth-order valence-corrected chi connectivity index (χ4v) is 2.44. The molecule has 0 radical (unpaired) electrons. The van der Waals surface area contributed by atoms with E-state index in [1.807, 2.05) is 18.9 Å². The summed E-state index contributed by atoms with van der Waals surface area (Å²) in [6.45, 7) is 4.57. The normalized spacial score (nSPS) is 21.3. The number of hydrogen-bond acceptors (Lipinski definition) is 3. The molecule has 0 N–H and O–H groups in total. The van der Waals surface area contributed by atoms with Gasteiger partial charge in [0.05, 0.1) is 25.7 Å². The maximum Gasteiger partial charge on any atom is 0.421 e. The van der Waals surface area contributed by atoms with Gasteiger partial charge in [-0.2, -0.15) is 13.2 Å². The van der Waals surface area contributed by atoms with Crippen molar-refractivity contribution in [1.82, 2.24) is 4.90 Å². The molecule has 1 atom stereocenters. The van der Waals surface area contributed by atoms with Crippen LogP contribution in [0, 0.1) is 6.92 Å². The molecule has 0 amide bonds. The van der Waals surface area contributed by atoms with Crippen LogP contribution in [0.15, 0.2) is 17.1 Å². The van der Waals surface area contributed by atoms with Crippen molar-refractivity contribution >= 4 is 12.0 Å². The predicted octanol–water partition coefficient (Wildman–Crippen LogP) is 3.79. The smallest absolute Gasteiger partial charge is 0.421 e. The van der Waals surface area contributed by atoms with Gasteiger partial charge in [0, 0.05) is 31.6 Å². The molecule has 1 heterocycles. The first-order valence-electron chi connectivity index (χ1n) is 7.39. The molecule has 0 spiro atoms. The van der Waals surface area contributed by atoms with Crippen LogP contribution in [0.4, 0.5) is 18.9 Å². The molecule has 1 saturated heterocycles. The van der Waals surface area contributed by atoms with Gasteiger partial charge in [0.15, 0.2) is 5.60 Å². The second kappa shape index (κ2) is 6.39. The minimum Gasteiger partial charge on any atom is -0.496 e. The van der Waals surface area contributed by atoms with Gasteiger partial charge in [0.1, 0.15) is 5.75 Å². The number of aliphatic imine (C=N–C) groups is 1. The van der Waals surface area contributed by atoms with Gasteiger partial charge < -0.3 is 14.4 Å². The molecule has 1 aromatic rings. The summed E-state index contributed by atoms with van der Waals surface area (Å²) in [6, 6.07) is 2.99. The van der Waals surface area contributed by atoms with Crippen molar-refractivity contribution in [2.45, 2.75) is 32.0 Å². The highest BCUT2D eigenvalue weighted by Crippen LogP contribution is 2.53. The van der Waals surface area contributed by atoms with Crippen LogP contribution in [-0.4, -0.2) is 44.7 Å². The number of aryl methyl sites for hydroxylation is 1. The molecule has 1 fully saturated rings. The molecule has 4 nitrogen and oxygen atoms in total. The summed E-state index contributed by atoms with van der Waals surface area (Å²) in [5, 5.41) is 0. The Morgan fingerprint density at radius 2 is 2.09 bits per heavy atom. The molecule has 1 aromatic carbocycles. The third-order valence-corrected chi connectivity index (χ3v) is 4.11. The molecule has 2 rings (SSSR count). The molecule has 0 saturated carbocycles. The number of hydrogen-bond donors (Lipinski definition) is 0. The van der Waals surface area contributed by atoms with Crippen LogP contribution in [0.5, 0.6) is 5.75 Å². The van der Waals surface area contributed by atoms with Crippen molar-refractivity contribution in [2.24, 2.45) is 4.99 Å². The van der Waals surface area contributed by atoms with E-state index < -0.39 is 11.8 Å². The Hall–Kier alpha value is -1.76. The zero-order chi connectivity index (χ0) is 17.3. The molecule has 23 heavy (non-hydrogen) atoms. The predicted molar refractivity (Wildman–Crippen MR) is 82.5 cm³/mol. The fourth-order valence-electron chi connectivity index (χ4n) is 2.44. The van der Waals surface area contributed by atoms with Crippen LogP contribution < -0.4 is 4.74 Å². The van der Waals surface area contributed by atoms with Crippen molar-refractivity contribution in [3.05, 3.63) is 23.3 Å². The van der Waals surface area contributed by atoms with Crippen LogP contribution in [0.2, 0.25) is 0 Å². The van der Waals surface area contributed by atoms with Crippen molar-refractivity contribution in [2.75, 3.05) is 27.3 Å². The standard InChI is InChI=1S/C16H21F3N2O2/c1-5-21(3)10-20-13-9-14(22-4)12(8-11(13)2)15(6-7-23-15)16(17,18)19/h8-10H,5-7H2,1-4H3/b20-10+. The summed E-state index contributed by atoms with van der Waals surface area (Å²) in [7, 11) is 3.22. The molecule has 1 aliphatic heterocycles. The first-order valence-corrected chi connectivity index (χ1v) is 7.39. The van der Waals surface area contributed by atoms with Gasteiger partial charge in [0.2, 0.25) is 0 Å². The van der Waals surface area contributed by atoms with Gasteiger partial charge in [-0.05, 0) is 25.5 Å². The van der Waals surface area contributed by atoms with E-state index in [2.05, 4.69) is 4.99 Å². The fraction of sp³-hybridized carbons (Fsp3) is 0.562. The molecule has 1 unspecified atom stereocenters. The SMILES string of the molecule is CCN(C)/C=N/c1cc(OC)c(C2(C(F)(F)F)CCO2)cc1C. The van der Waals surface area contributed by atoms with E-state index in [1.54, 1.807) is 13.3 Å². The number of benzene rings is 1. The van der Waals surface area contributed by atoms with Gasteiger partial charge in [-0.15, -0.1) is 0 Å². The topological polar surface area (TPSA) is 34.1 Å². The molecular formula is C16H21F3N2O2. The number of rotatable bonds is 5. The summed E-state index contributed by atoms with van der Waals surface area (Å²) >= 11 is 0. The van der Waals surface area contributed by atoms with Gasteiger partial charge in [-0.1, -0.05) is 0 Å². The number of methoxy groups -OCH3 is 1. The van der Waals surface area contributed by atoms with Crippen LogP contribution in [-0.2, 0) is 10.3 Å². The van der Waals surface area contributed by atoms with Gasteiger partial charge >= 0.3 is 6.18 Å². The van der Waals surface area contributed by atoms with Gasteiger partial charge in [0.25, 0.3) is 0 Å². The molecule has 0 bridgehead atoms. The van der Waals surface area contributed by atoms with E-state index >= 15 is 0 Å². The Morgan fingerprint density at radius 1 is 1.43 bits per heavy atom. The maximum absolute atomic E-state index is 13.5. The Kier molecular flexibility index (Phi) is 4.89. The van der Waals surface area contributed by atoms with Crippen LogP contribution in [0.3, 0.4) is 0 Å². The Labute approximate surface area is 133 Å². The quantitative estimate of drug-likeness (QED) is 0.608. The highest BCUT2D eigenvalue weighted by molar-refractivity contribution is 5.65. The average molecular weight is 330 g/mol. The molecular weight excluding hydrogens is 309 g/mol. The van der Waals surface area contributed by atoms with E-state index in [9.17, 15) is 13.2 Å². The van der Waals surface area contributed by atoms with Crippen LogP contribution in [0.25, 0.3) is 0 Å². The summed E-state index contributed by atoms with van der Waals surface area (Å²) in [5.41, 5.74) is -1.05. The maximum atomic E-state index is 13.5. The largest absolute Gasteiger partial charge is 0.496 e. The third kappa shape index (κ3) is 3.15. The van der Waals surface area contributed by atoms with Crippen LogP contribution >= 0.6 is 0 Å². The average Bonchev–Trinajstić information content (AvgIpc) is 2.43. The van der Waals surface area contributed by atoms with Crippen molar-refractivity contribution in [3.63, 3.8) is 0 Å². The number of halogens is 3. The lowest BCUT2D eigenvalue weighted by Gasteiger charge is -2.43. The zero-order valence-electron chi connectivity index (χ0n) is 13.7. The van der Waals surface area contributed by atoms with Crippen molar-refractivity contribution in [1.29, 1.82) is 0 Å². The molecule has 1 aliphatic rings. The van der Waals surface area contributed by atoms with E-state index in [4.69, 9.17) is 9.47 Å². The van der Waals surface area contributed by atoms with E-state index in [-0.39, 0.29) is 24.3 Å². The number of ether oxygens (including phenoxy) is 2. The summed E-state index contributed by atoms with van der Waals surface area (Å²) in [4.78, 5) is 6.18. The monoisotopic (exact) mass is 330 g/mol. The molecule has 0 aliphatic carbocycles. The highest BCUT2D eigenvalue weighted by atomic mass is 19.4. The lowest BCUT2D eigenvalue weighted by Crippen LogP contribution is -2.52. The van der Waals surface area contributed by atoms with Crippen molar-refractivity contribution < 1.29 is 22.6 Å². The Balaban J connectivity index is 2.47. The molecule has 7 heteroatoms. The van der Waals surface area contributed by atoms with Crippen molar-refractivity contribution in [3.8, 4) is 5.75 Å². The first-order chi connectivity index (χ1) is 10.7. The van der Waals surface area contributed by atoms with E-state index in [0.29, 0.717) is 11.3 Å². The Bertz CT molecular complexity index is 596. The number of nitrogens with zero attached hydrogens (tertiary/aromatic N) is 2. The minimum atomic E-state index is -4.49. The van der Waals surface area contributed by atoms with Gasteiger partial charge in [-0.25, -0.2) is 4.99 Å². The Morgan fingerprint density at radius 3 is 2.52 bits per heavy atom. The summed E-state index contributed by atoms with van der Waals surface area (Å²) < 4.78 is 50.6. The second-order valence-electron chi connectivity index (χ2n) is 5.58. The first kappa shape index (κ1) is 17.6. The molecule has 128 valence electrons. The molecule has 0 aromatic heterocycles. The van der Waals surface area contributed by atoms with Crippen LogP contribution in [0.1, 0.15) is 24.5 Å². The lowest BCUT2D eigenvalue weighted by molar-refractivity contribution is -0.333. The van der Waals surface area contributed by atoms with E-state index in [1.165, 1.54) is 19.2 Å². The third-order valence-electron chi connectivity index (χ3n) is 4.11. The van der Waals surface area contributed by atoms with E-state index in [0.717, 1.165) is 6.54 Å². The lowest BCUT2D eigenvalue weighted by atomic mass is 9.84. The minimum absolute atomic E-state index is 0.0130. The second-order valence-corrected chi connectivity index (χ2v) is 5.58. The summed E-state index contributed by atoms with van der Waals surface area (Å²) in [6.07, 6.45) is -2.95.